The van der Waals surface area contributed by atoms with Crippen LogP contribution in [0.3, 0.4) is 0 Å². The summed E-state index contributed by atoms with van der Waals surface area (Å²) in [7, 11) is 2.10. The number of rotatable bonds is 5. The Morgan fingerprint density at radius 3 is 2.45 bits per heavy atom. The fraction of sp³-hybridized carbons (Fsp3) is 0.440. The molecule has 164 valence electrons. The molecular weight excluding hydrogens is 388 g/mol. The second-order valence-corrected chi connectivity index (χ2v) is 8.76. The number of benzene rings is 2. The first-order valence-electron chi connectivity index (χ1n) is 10.8. The Morgan fingerprint density at radius 1 is 1.19 bits per heavy atom. The van der Waals surface area contributed by atoms with Gasteiger partial charge < -0.3 is 20.2 Å². The van der Waals surface area contributed by atoms with Crippen molar-refractivity contribution in [3.05, 3.63) is 59.2 Å². The molecule has 0 unspecified atom stereocenters. The molecule has 0 bridgehead atoms. The standard InChI is InChI=1S/C25H32N4O2/c1-6-28(5)22-14-18-10-13-20(30)15-21(18)25(3,4)23(22)29(7-2)24(31)27-19-11-8-17(16-26)9-12-19/h8-13,15,22-23,30H,6-7,14H2,1-5H3,(H,27,31)/t22-,23-/m1/s1. The van der Waals surface area contributed by atoms with Gasteiger partial charge in [0, 0.05) is 23.7 Å². The maximum absolute atomic E-state index is 13.4. The summed E-state index contributed by atoms with van der Waals surface area (Å²) in [5.41, 5.74) is 3.16. The molecule has 0 aromatic heterocycles. The zero-order valence-electron chi connectivity index (χ0n) is 19.0. The van der Waals surface area contributed by atoms with E-state index in [2.05, 4.69) is 44.1 Å². The lowest BCUT2D eigenvalue weighted by molar-refractivity contribution is 0.0677. The Morgan fingerprint density at radius 2 is 1.87 bits per heavy atom. The van der Waals surface area contributed by atoms with Gasteiger partial charge in [-0.2, -0.15) is 5.26 Å². The van der Waals surface area contributed by atoms with Crippen molar-refractivity contribution in [2.45, 2.75) is 51.6 Å². The number of fused-ring (bicyclic) bond motifs is 1. The lowest BCUT2D eigenvalue weighted by Crippen LogP contribution is -2.63. The van der Waals surface area contributed by atoms with Crippen molar-refractivity contribution in [1.29, 1.82) is 5.26 Å². The first-order chi connectivity index (χ1) is 14.7. The molecule has 6 nitrogen and oxygen atoms in total. The van der Waals surface area contributed by atoms with Crippen LogP contribution in [0.1, 0.15) is 44.4 Å². The molecule has 0 radical (unpaired) electrons. The van der Waals surface area contributed by atoms with Crippen molar-refractivity contribution in [2.24, 2.45) is 0 Å². The lowest BCUT2D eigenvalue weighted by atomic mass is 9.66. The van der Waals surface area contributed by atoms with Gasteiger partial charge in [-0.15, -0.1) is 0 Å². The van der Waals surface area contributed by atoms with E-state index in [-0.39, 0.29) is 29.3 Å². The number of urea groups is 1. The Labute approximate surface area is 185 Å². The molecule has 2 atom stereocenters. The molecule has 0 saturated carbocycles. The monoisotopic (exact) mass is 420 g/mol. The second kappa shape index (κ2) is 8.99. The highest BCUT2D eigenvalue weighted by molar-refractivity contribution is 5.89. The second-order valence-electron chi connectivity index (χ2n) is 8.76. The van der Waals surface area contributed by atoms with Gasteiger partial charge in [0.25, 0.3) is 0 Å². The van der Waals surface area contributed by atoms with Crippen LogP contribution < -0.4 is 5.32 Å². The van der Waals surface area contributed by atoms with Gasteiger partial charge in [0.1, 0.15) is 5.75 Å². The normalized spacial score (nSPS) is 19.4. The minimum Gasteiger partial charge on any atom is -0.508 e. The van der Waals surface area contributed by atoms with Crippen molar-refractivity contribution >= 4 is 11.7 Å². The van der Waals surface area contributed by atoms with Gasteiger partial charge in [0.2, 0.25) is 0 Å². The van der Waals surface area contributed by atoms with Crippen molar-refractivity contribution < 1.29 is 9.90 Å². The zero-order valence-corrected chi connectivity index (χ0v) is 19.0. The van der Waals surface area contributed by atoms with Gasteiger partial charge in [-0.25, -0.2) is 4.79 Å². The third kappa shape index (κ3) is 4.38. The van der Waals surface area contributed by atoms with E-state index in [1.54, 1.807) is 30.3 Å². The number of amides is 2. The summed E-state index contributed by atoms with van der Waals surface area (Å²) in [6.07, 6.45) is 0.814. The first kappa shape index (κ1) is 22.6. The summed E-state index contributed by atoms with van der Waals surface area (Å²) in [6, 6.07) is 14.5. The molecule has 6 heteroatoms. The summed E-state index contributed by atoms with van der Waals surface area (Å²) in [4.78, 5) is 17.6. The molecule has 0 saturated heterocycles. The average Bonchev–Trinajstić information content (AvgIpc) is 2.76. The van der Waals surface area contributed by atoms with Crippen LogP contribution in [0.15, 0.2) is 42.5 Å². The number of carbonyl (C=O) groups excluding carboxylic acids is 1. The predicted molar refractivity (Wildman–Crippen MR) is 123 cm³/mol. The van der Waals surface area contributed by atoms with Crippen LogP contribution in [0.25, 0.3) is 0 Å². The van der Waals surface area contributed by atoms with E-state index < -0.39 is 0 Å². The number of phenolic OH excluding ortho intramolecular Hbond substituents is 1. The molecule has 2 aromatic rings. The molecule has 31 heavy (non-hydrogen) atoms. The molecule has 2 aromatic carbocycles. The van der Waals surface area contributed by atoms with Crippen molar-refractivity contribution in [1.82, 2.24) is 9.80 Å². The van der Waals surface area contributed by atoms with E-state index in [0.717, 1.165) is 18.5 Å². The summed E-state index contributed by atoms with van der Waals surface area (Å²) < 4.78 is 0. The van der Waals surface area contributed by atoms with Crippen LogP contribution in [0.2, 0.25) is 0 Å². The summed E-state index contributed by atoms with van der Waals surface area (Å²) in [6.45, 7) is 9.86. The van der Waals surface area contributed by atoms with Gasteiger partial charge in [-0.05, 0) is 74.5 Å². The third-order valence-electron chi connectivity index (χ3n) is 6.59. The van der Waals surface area contributed by atoms with E-state index in [1.165, 1.54) is 5.56 Å². The van der Waals surface area contributed by atoms with Gasteiger partial charge in [-0.1, -0.05) is 26.8 Å². The molecule has 0 aliphatic heterocycles. The zero-order chi connectivity index (χ0) is 22.8. The number of nitrogens with one attached hydrogen (secondary N) is 1. The number of anilines is 1. The van der Waals surface area contributed by atoms with Crippen LogP contribution in [0, 0.1) is 11.3 Å². The van der Waals surface area contributed by atoms with Crippen molar-refractivity contribution in [3.8, 4) is 11.8 Å². The quantitative estimate of drug-likeness (QED) is 0.754. The summed E-state index contributed by atoms with van der Waals surface area (Å²) >= 11 is 0. The molecule has 1 aliphatic carbocycles. The molecule has 2 amide bonds. The minimum absolute atomic E-state index is 0.0878. The van der Waals surface area contributed by atoms with Crippen molar-refractivity contribution in [3.63, 3.8) is 0 Å². The van der Waals surface area contributed by atoms with Gasteiger partial charge in [-0.3, -0.25) is 0 Å². The van der Waals surface area contributed by atoms with Crippen LogP contribution in [-0.2, 0) is 11.8 Å². The van der Waals surface area contributed by atoms with E-state index in [1.807, 2.05) is 24.0 Å². The van der Waals surface area contributed by atoms with E-state index in [0.29, 0.717) is 17.8 Å². The molecule has 3 rings (SSSR count). The number of hydrogen-bond donors (Lipinski definition) is 2. The van der Waals surface area contributed by atoms with Crippen LogP contribution >= 0.6 is 0 Å². The van der Waals surface area contributed by atoms with E-state index in [4.69, 9.17) is 5.26 Å². The number of hydrogen-bond acceptors (Lipinski definition) is 4. The smallest absolute Gasteiger partial charge is 0.322 e. The number of nitriles is 1. The highest BCUT2D eigenvalue weighted by atomic mass is 16.3. The highest BCUT2D eigenvalue weighted by Gasteiger charge is 2.47. The maximum Gasteiger partial charge on any atom is 0.322 e. The Bertz CT molecular complexity index is 978. The predicted octanol–water partition coefficient (Wildman–Crippen LogP) is 4.34. The van der Waals surface area contributed by atoms with E-state index in [9.17, 15) is 9.90 Å². The SMILES string of the molecule is CCN(C)[C@@H]1Cc2ccc(O)cc2C(C)(C)[C@@H]1N(CC)C(=O)Nc1ccc(C#N)cc1. The number of nitrogens with zero attached hydrogens (tertiary/aromatic N) is 3. The van der Waals surface area contributed by atoms with Gasteiger partial charge >= 0.3 is 6.03 Å². The Hall–Kier alpha value is -3.04. The molecule has 0 heterocycles. The van der Waals surface area contributed by atoms with E-state index >= 15 is 0 Å². The summed E-state index contributed by atoms with van der Waals surface area (Å²) in [5.74, 6) is 0.248. The van der Waals surface area contributed by atoms with Crippen LogP contribution in [0.4, 0.5) is 10.5 Å². The first-order valence-corrected chi connectivity index (χ1v) is 10.8. The third-order valence-corrected chi connectivity index (χ3v) is 6.59. The van der Waals surface area contributed by atoms with Crippen LogP contribution in [-0.4, -0.2) is 53.2 Å². The minimum atomic E-state index is -0.363. The number of aromatic hydroxyl groups is 1. The highest BCUT2D eigenvalue weighted by Crippen LogP contribution is 2.42. The fourth-order valence-electron chi connectivity index (χ4n) is 4.84. The average molecular weight is 421 g/mol. The molecule has 1 aliphatic rings. The van der Waals surface area contributed by atoms with Crippen molar-refractivity contribution in [2.75, 3.05) is 25.5 Å². The summed E-state index contributed by atoms with van der Waals surface area (Å²) in [5, 5.41) is 22.1. The maximum atomic E-state index is 13.4. The Balaban J connectivity index is 1.99. The largest absolute Gasteiger partial charge is 0.508 e. The molecular formula is C25H32N4O2. The lowest BCUT2D eigenvalue weighted by Gasteiger charge is -2.52. The number of phenols is 1. The number of carbonyl (C=O) groups is 1. The number of likely N-dealkylation sites (N-methyl/N-ethyl adjacent to an activating group) is 2. The molecule has 0 fully saturated rings. The Kier molecular flexibility index (Phi) is 6.56. The molecule has 0 spiro atoms. The fourth-order valence-corrected chi connectivity index (χ4v) is 4.84. The topological polar surface area (TPSA) is 79.6 Å². The van der Waals surface area contributed by atoms with Gasteiger partial charge in [0.05, 0.1) is 17.7 Å². The van der Waals surface area contributed by atoms with Crippen LogP contribution in [0.5, 0.6) is 5.75 Å². The molecule has 2 N–H and O–H groups in total. The van der Waals surface area contributed by atoms with Gasteiger partial charge in [0.15, 0.2) is 0 Å².